The van der Waals surface area contributed by atoms with E-state index in [9.17, 15) is 4.79 Å². The Morgan fingerprint density at radius 2 is 1.44 bits per heavy atom. The predicted octanol–water partition coefficient (Wildman–Crippen LogP) is 3.07. The van der Waals surface area contributed by atoms with Crippen molar-refractivity contribution < 1.29 is 4.79 Å². The van der Waals surface area contributed by atoms with Crippen LogP contribution in [0.3, 0.4) is 0 Å². The minimum Gasteiger partial charge on any atom is -0.355 e. The number of benzene rings is 2. The minimum absolute atomic E-state index is 0.105. The molecule has 0 saturated heterocycles. The molecule has 0 aliphatic rings. The first-order valence-electron chi connectivity index (χ1n) is 10.1. The largest absolute Gasteiger partial charge is 0.355 e. The molecule has 0 spiro atoms. The Morgan fingerprint density at radius 1 is 0.815 bits per heavy atom. The summed E-state index contributed by atoms with van der Waals surface area (Å²) < 4.78 is 0. The van der Waals surface area contributed by atoms with Crippen molar-refractivity contribution in [3.8, 4) is 0 Å². The third-order valence-electron chi connectivity index (χ3n) is 4.69. The van der Waals surface area contributed by atoms with Gasteiger partial charge in [0, 0.05) is 6.54 Å². The van der Waals surface area contributed by atoms with E-state index < -0.39 is 0 Å². The molecule has 0 aliphatic carbocycles. The number of amides is 1. The van der Waals surface area contributed by atoms with Gasteiger partial charge in [0.25, 0.3) is 0 Å². The van der Waals surface area contributed by atoms with Crippen molar-refractivity contribution in [1.29, 1.82) is 0 Å². The maximum atomic E-state index is 12.6. The second-order valence-electron chi connectivity index (χ2n) is 6.91. The number of carbonyl (C=O) groups is 1. The lowest BCUT2D eigenvalue weighted by molar-refractivity contribution is -0.123. The Labute approximate surface area is 163 Å². The van der Waals surface area contributed by atoms with Crippen LogP contribution in [0.5, 0.6) is 0 Å². The molecule has 0 aliphatic heterocycles. The van der Waals surface area contributed by atoms with Gasteiger partial charge in [-0.3, -0.25) is 4.79 Å². The van der Waals surface area contributed by atoms with Gasteiger partial charge in [0.1, 0.15) is 0 Å². The van der Waals surface area contributed by atoms with Crippen LogP contribution >= 0.6 is 0 Å². The van der Waals surface area contributed by atoms with Crippen LogP contribution in [0.25, 0.3) is 0 Å². The summed E-state index contributed by atoms with van der Waals surface area (Å²) in [4.78, 5) is 12.6. The molecule has 2 rings (SSSR count). The zero-order chi connectivity index (χ0) is 19.2. The van der Waals surface area contributed by atoms with Crippen LogP contribution in [-0.4, -0.2) is 31.6 Å². The molecule has 4 heteroatoms. The normalized spacial score (nSPS) is 11.9. The summed E-state index contributed by atoms with van der Waals surface area (Å²) in [5, 5.41) is 6.53. The van der Waals surface area contributed by atoms with Crippen molar-refractivity contribution in [2.24, 2.45) is 5.73 Å². The van der Waals surface area contributed by atoms with Crippen molar-refractivity contribution in [3.63, 3.8) is 0 Å². The first-order chi connectivity index (χ1) is 13.3. The lowest BCUT2D eigenvalue weighted by Gasteiger charge is -2.18. The first-order valence-corrected chi connectivity index (χ1v) is 10.1. The van der Waals surface area contributed by atoms with Crippen molar-refractivity contribution >= 4 is 5.91 Å². The van der Waals surface area contributed by atoms with E-state index >= 15 is 0 Å². The summed E-state index contributed by atoms with van der Waals surface area (Å²) in [6.45, 7) is 2.19. The Balaban J connectivity index is 1.72. The number of hydrogen-bond acceptors (Lipinski definition) is 3. The van der Waals surface area contributed by atoms with E-state index in [0.717, 1.165) is 45.1 Å². The molecule has 146 valence electrons. The summed E-state index contributed by atoms with van der Waals surface area (Å²) in [7, 11) is 0. The molecule has 2 aromatic rings. The van der Waals surface area contributed by atoms with Gasteiger partial charge in [-0.2, -0.15) is 0 Å². The summed E-state index contributed by atoms with van der Waals surface area (Å²) in [6, 6.07) is 20.6. The molecule has 1 atom stereocenters. The highest BCUT2D eigenvalue weighted by Crippen LogP contribution is 2.04. The molecule has 0 fully saturated rings. The number of hydrogen-bond donors (Lipinski definition) is 3. The van der Waals surface area contributed by atoms with Crippen LogP contribution < -0.4 is 16.4 Å². The monoisotopic (exact) mass is 367 g/mol. The second kappa shape index (κ2) is 13.1. The summed E-state index contributed by atoms with van der Waals surface area (Å²) in [5.74, 6) is 0.105. The number of nitrogens with one attached hydrogen (secondary N) is 2. The maximum Gasteiger partial charge on any atom is 0.237 e. The van der Waals surface area contributed by atoms with E-state index in [2.05, 4.69) is 47.0 Å². The summed E-state index contributed by atoms with van der Waals surface area (Å²) in [5.41, 5.74) is 8.20. The Kier molecular flexibility index (Phi) is 10.2. The Morgan fingerprint density at radius 3 is 2.07 bits per heavy atom. The molecule has 0 unspecified atom stereocenters. The second-order valence-corrected chi connectivity index (χ2v) is 6.91. The maximum absolute atomic E-state index is 12.6. The summed E-state index contributed by atoms with van der Waals surface area (Å²) >= 11 is 0. The third-order valence-corrected chi connectivity index (χ3v) is 4.69. The van der Waals surface area contributed by atoms with Crippen molar-refractivity contribution in [2.75, 3.05) is 19.6 Å². The van der Waals surface area contributed by atoms with Crippen LogP contribution in [0, 0.1) is 0 Å². The standard InChI is InChI=1S/C23H33N3O/c24-17-8-7-15-22(25-19-16-21-12-5-2-6-13-21)23(27)26-18-9-14-20-10-3-1-4-11-20/h1-6,10-13,22,25H,7-9,14-19,24H2,(H,26,27)/t22-/m0/s1. The fourth-order valence-corrected chi connectivity index (χ4v) is 3.13. The third kappa shape index (κ3) is 8.85. The quantitative estimate of drug-likeness (QED) is 0.477. The molecular weight excluding hydrogens is 334 g/mol. The van der Waals surface area contributed by atoms with Crippen LogP contribution in [0.1, 0.15) is 36.8 Å². The number of carbonyl (C=O) groups excluding carboxylic acids is 1. The fraction of sp³-hybridized carbons (Fsp3) is 0.435. The average Bonchev–Trinajstić information content (AvgIpc) is 2.71. The molecule has 4 N–H and O–H groups in total. The highest BCUT2D eigenvalue weighted by molar-refractivity contribution is 5.81. The highest BCUT2D eigenvalue weighted by atomic mass is 16.2. The van der Waals surface area contributed by atoms with Crippen LogP contribution in [-0.2, 0) is 17.6 Å². The molecule has 0 saturated carbocycles. The molecule has 0 radical (unpaired) electrons. The first kappa shape index (κ1) is 21.1. The van der Waals surface area contributed by atoms with Crippen molar-refractivity contribution in [3.05, 3.63) is 71.8 Å². The van der Waals surface area contributed by atoms with Gasteiger partial charge in [0.05, 0.1) is 6.04 Å². The van der Waals surface area contributed by atoms with Crippen molar-refractivity contribution in [1.82, 2.24) is 10.6 Å². The molecule has 0 heterocycles. The van der Waals surface area contributed by atoms with Gasteiger partial charge >= 0.3 is 0 Å². The van der Waals surface area contributed by atoms with Crippen LogP contribution in [0.4, 0.5) is 0 Å². The highest BCUT2D eigenvalue weighted by Gasteiger charge is 2.16. The van der Waals surface area contributed by atoms with E-state index in [1.54, 1.807) is 0 Å². The minimum atomic E-state index is -0.142. The van der Waals surface area contributed by atoms with Crippen molar-refractivity contribution in [2.45, 2.75) is 44.6 Å². The molecule has 1 amide bonds. The van der Waals surface area contributed by atoms with E-state index in [0.29, 0.717) is 13.1 Å². The molecule has 27 heavy (non-hydrogen) atoms. The Hall–Kier alpha value is -2.17. The smallest absolute Gasteiger partial charge is 0.237 e. The number of aryl methyl sites for hydroxylation is 1. The number of unbranched alkanes of at least 4 members (excludes halogenated alkanes) is 1. The van der Waals surface area contributed by atoms with E-state index in [-0.39, 0.29) is 11.9 Å². The van der Waals surface area contributed by atoms with Crippen LogP contribution in [0.2, 0.25) is 0 Å². The SMILES string of the molecule is NCCCC[C@H](NCCc1ccccc1)C(=O)NCCCc1ccccc1. The molecule has 4 nitrogen and oxygen atoms in total. The molecule has 0 bridgehead atoms. The molecule has 0 aromatic heterocycles. The zero-order valence-electron chi connectivity index (χ0n) is 16.2. The van der Waals surface area contributed by atoms with E-state index in [1.165, 1.54) is 11.1 Å². The Bertz CT molecular complexity index is 631. The number of nitrogens with two attached hydrogens (primary N) is 1. The predicted molar refractivity (Wildman–Crippen MR) is 113 cm³/mol. The topological polar surface area (TPSA) is 67.1 Å². The van der Waals surface area contributed by atoms with Gasteiger partial charge < -0.3 is 16.4 Å². The zero-order valence-corrected chi connectivity index (χ0v) is 16.2. The van der Waals surface area contributed by atoms with E-state index in [1.807, 2.05) is 24.3 Å². The number of rotatable bonds is 13. The van der Waals surface area contributed by atoms with E-state index in [4.69, 9.17) is 5.73 Å². The lowest BCUT2D eigenvalue weighted by atomic mass is 10.1. The van der Waals surface area contributed by atoms with Gasteiger partial charge in [-0.05, 0) is 56.3 Å². The average molecular weight is 368 g/mol. The lowest BCUT2D eigenvalue weighted by Crippen LogP contribution is -2.45. The van der Waals surface area contributed by atoms with Gasteiger partial charge in [0.2, 0.25) is 5.91 Å². The summed E-state index contributed by atoms with van der Waals surface area (Å²) in [6.07, 6.45) is 5.62. The van der Waals surface area contributed by atoms with Gasteiger partial charge in [-0.1, -0.05) is 67.1 Å². The van der Waals surface area contributed by atoms with Gasteiger partial charge in [0.15, 0.2) is 0 Å². The van der Waals surface area contributed by atoms with Gasteiger partial charge in [-0.25, -0.2) is 0 Å². The fourth-order valence-electron chi connectivity index (χ4n) is 3.13. The molecule has 2 aromatic carbocycles. The molecular formula is C23H33N3O. The van der Waals surface area contributed by atoms with Gasteiger partial charge in [-0.15, -0.1) is 0 Å². The van der Waals surface area contributed by atoms with Crippen LogP contribution in [0.15, 0.2) is 60.7 Å².